The Bertz CT molecular complexity index is 844. The molecule has 1 aliphatic carbocycles. The van der Waals surface area contributed by atoms with Crippen molar-refractivity contribution in [3.63, 3.8) is 0 Å². The number of ether oxygens (including phenoxy) is 1. The first kappa shape index (κ1) is 25.0. The van der Waals surface area contributed by atoms with Crippen LogP contribution in [0.3, 0.4) is 0 Å². The van der Waals surface area contributed by atoms with Gasteiger partial charge in [-0.2, -0.15) is 0 Å². The summed E-state index contributed by atoms with van der Waals surface area (Å²) >= 11 is 0. The van der Waals surface area contributed by atoms with Crippen LogP contribution in [0.25, 0.3) is 0 Å². The van der Waals surface area contributed by atoms with E-state index in [1.54, 1.807) is 4.90 Å². The Hall–Kier alpha value is -2.15. The molecule has 0 spiro atoms. The number of fused-ring (bicyclic) bond motifs is 2. The van der Waals surface area contributed by atoms with Gasteiger partial charge in [-0.3, -0.25) is 9.59 Å². The van der Waals surface area contributed by atoms with E-state index in [2.05, 4.69) is 11.1 Å². The maximum Gasteiger partial charge on any atom is 0.303 e. The largest absolute Gasteiger partial charge is 0.481 e. The van der Waals surface area contributed by atoms with Gasteiger partial charge in [-0.25, -0.2) is 4.98 Å². The highest BCUT2D eigenvalue weighted by Crippen LogP contribution is 2.50. The number of hydrogen-bond donors (Lipinski definition) is 1. The second-order valence-electron chi connectivity index (χ2n) is 10.4. The number of rotatable bonds is 12. The SMILES string of the molecule is CN(CCCCC1CCCCC1)C(=O)c1coc(C2C3CCC(O3)C2CC=CCCC(=O)O)n1. The minimum atomic E-state index is -0.781. The number of carboxylic acid groups (broad SMARTS) is 1. The summed E-state index contributed by atoms with van der Waals surface area (Å²) in [5.74, 6) is 0.921. The van der Waals surface area contributed by atoms with Crippen LogP contribution in [0.4, 0.5) is 0 Å². The molecule has 3 aliphatic rings. The Morgan fingerprint density at radius 2 is 1.91 bits per heavy atom. The van der Waals surface area contributed by atoms with Gasteiger partial charge in [-0.1, -0.05) is 57.1 Å². The van der Waals surface area contributed by atoms with Gasteiger partial charge < -0.3 is 19.2 Å². The molecule has 0 aromatic carbocycles. The molecule has 2 bridgehead atoms. The molecule has 0 radical (unpaired) electrons. The molecular formula is C27H40N2O5. The molecule has 2 aliphatic heterocycles. The number of unbranched alkanes of at least 4 members (excludes halogenated alkanes) is 1. The van der Waals surface area contributed by atoms with Crippen LogP contribution in [0.2, 0.25) is 0 Å². The van der Waals surface area contributed by atoms with E-state index in [1.807, 2.05) is 13.1 Å². The molecule has 4 unspecified atom stereocenters. The third kappa shape index (κ3) is 6.29. The number of carboxylic acids is 1. The fraction of sp³-hybridized carbons (Fsp3) is 0.741. The number of oxazole rings is 1. The summed E-state index contributed by atoms with van der Waals surface area (Å²) in [6, 6.07) is 0. The smallest absolute Gasteiger partial charge is 0.303 e. The number of carbonyl (C=O) groups is 2. The first-order valence-corrected chi connectivity index (χ1v) is 13.3. The second-order valence-corrected chi connectivity index (χ2v) is 10.4. The van der Waals surface area contributed by atoms with Gasteiger partial charge in [-0.05, 0) is 38.0 Å². The van der Waals surface area contributed by atoms with E-state index in [-0.39, 0.29) is 36.4 Å². The lowest BCUT2D eigenvalue weighted by Crippen LogP contribution is -2.28. The molecule has 7 heteroatoms. The molecular weight excluding hydrogens is 432 g/mol. The van der Waals surface area contributed by atoms with Crippen LogP contribution in [0.1, 0.15) is 106 Å². The highest BCUT2D eigenvalue weighted by atomic mass is 16.5. The van der Waals surface area contributed by atoms with Crippen LogP contribution in [0.5, 0.6) is 0 Å². The van der Waals surface area contributed by atoms with Crippen molar-refractivity contribution in [2.75, 3.05) is 13.6 Å². The molecule has 4 rings (SSSR count). The number of nitrogens with zero attached hydrogens (tertiary/aromatic N) is 2. The summed E-state index contributed by atoms with van der Waals surface area (Å²) < 4.78 is 12.0. The van der Waals surface area contributed by atoms with Crippen molar-refractivity contribution < 1.29 is 23.8 Å². The fourth-order valence-electron chi connectivity index (χ4n) is 6.09. The predicted octanol–water partition coefficient (Wildman–Crippen LogP) is 5.57. The predicted molar refractivity (Wildman–Crippen MR) is 129 cm³/mol. The lowest BCUT2D eigenvalue weighted by molar-refractivity contribution is -0.136. The molecule has 7 nitrogen and oxygen atoms in total. The van der Waals surface area contributed by atoms with Gasteiger partial charge in [0, 0.05) is 25.9 Å². The van der Waals surface area contributed by atoms with Crippen molar-refractivity contribution in [1.29, 1.82) is 0 Å². The van der Waals surface area contributed by atoms with Gasteiger partial charge in [0.1, 0.15) is 6.26 Å². The number of aromatic nitrogens is 1. The van der Waals surface area contributed by atoms with Crippen LogP contribution in [0, 0.1) is 11.8 Å². The van der Waals surface area contributed by atoms with E-state index in [9.17, 15) is 9.59 Å². The summed E-state index contributed by atoms with van der Waals surface area (Å²) in [4.78, 5) is 30.0. The third-order valence-corrected chi connectivity index (χ3v) is 7.98. The average molecular weight is 473 g/mol. The first-order chi connectivity index (χ1) is 16.5. The average Bonchev–Trinajstić information content (AvgIpc) is 3.58. The summed E-state index contributed by atoms with van der Waals surface area (Å²) in [5, 5.41) is 8.80. The molecule has 1 aromatic heterocycles. The lowest BCUT2D eigenvalue weighted by atomic mass is 9.77. The fourth-order valence-corrected chi connectivity index (χ4v) is 6.09. The first-order valence-electron chi connectivity index (χ1n) is 13.3. The van der Waals surface area contributed by atoms with Crippen molar-refractivity contribution in [3.05, 3.63) is 30.0 Å². The van der Waals surface area contributed by atoms with E-state index < -0.39 is 5.97 Å². The molecule has 1 saturated carbocycles. The van der Waals surface area contributed by atoms with Crippen LogP contribution >= 0.6 is 0 Å². The van der Waals surface area contributed by atoms with Gasteiger partial charge in [0.15, 0.2) is 5.69 Å². The molecule has 4 atom stereocenters. The third-order valence-electron chi connectivity index (χ3n) is 7.98. The molecule has 34 heavy (non-hydrogen) atoms. The van der Waals surface area contributed by atoms with Crippen LogP contribution in [-0.2, 0) is 9.53 Å². The van der Waals surface area contributed by atoms with E-state index >= 15 is 0 Å². The Morgan fingerprint density at radius 3 is 2.71 bits per heavy atom. The number of aliphatic carboxylic acids is 1. The van der Waals surface area contributed by atoms with Crippen LogP contribution in [0.15, 0.2) is 22.8 Å². The quantitative estimate of drug-likeness (QED) is 0.316. The number of allylic oxidation sites excluding steroid dienone is 2. The summed E-state index contributed by atoms with van der Waals surface area (Å²) in [6.45, 7) is 0.745. The van der Waals surface area contributed by atoms with E-state index in [0.29, 0.717) is 18.0 Å². The molecule has 1 N–H and O–H groups in total. The standard InChI is InChI=1S/C27H40N2O5/c1-29(17-9-8-12-19-10-4-2-5-11-19)27(32)21-18-33-26(28-21)25-20(22-15-16-23(25)34-22)13-6-3-7-14-24(30)31/h3,6,18-20,22-23,25H,2,4-5,7-17H2,1H3,(H,30,31). The summed E-state index contributed by atoms with van der Waals surface area (Å²) in [6.07, 6.45) is 19.7. The molecule has 3 heterocycles. The van der Waals surface area contributed by atoms with Crippen molar-refractivity contribution >= 4 is 11.9 Å². The Morgan fingerprint density at radius 1 is 1.12 bits per heavy atom. The number of amides is 1. The maximum absolute atomic E-state index is 12.9. The van der Waals surface area contributed by atoms with Gasteiger partial charge >= 0.3 is 5.97 Å². The monoisotopic (exact) mass is 472 g/mol. The van der Waals surface area contributed by atoms with Crippen molar-refractivity contribution in [2.45, 2.75) is 102 Å². The second kappa shape index (κ2) is 12.0. The lowest BCUT2D eigenvalue weighted by Gasteiger charge is -2.24. The van der Waals surface area contributed by atoms with E-state index in [1.165, 1.54) is 51.2 Å². The summed E-state index contributed by atoms with van der Waals surface area (Å²) in [5.41, 5.74) is 0.378. The minimum absolute atomic E-state index is 0.0465. The topological polar surface area (TPSA) is 92.9 Å². The normalized spacial score (nSPS) is 27.0. The number of carbonyl (C=O) groups excluding carboxylic acids is 1. The van der Waals surface area contributed by atoms with Gasteiger partial charge in [-0.15, -0.1) is 0 Å². The van der Waals surface area contributed by atoms with Crippen LogP contribution in [-0.4, -0.2) is 52.7 Å². The number of hydrogen-bond acceptors (Lipinski definition) is 5. The minimum Gasteiger partial charge on any atom is -0.481 e. The zero-order chi connectivity index (χ0) is 23.9. The molecule has 1 amide bonds. The highest BCUT2D eigenvalue weighted by Gasteiger charge is 2.51. The zero-order valence-corrected chi connectivity index (χ0v) is 20.5. The van der Waals surface area contributed by atoms with Crippen molar-refractivity contribution in [2.24, 2.45) is 11.8 Å². The summed E-state index contributed by atoms with van der Waals surface area (Å²) in [7, 11) is 1.85. The van der Waals surface area contributed by atoms with Gasteiger partial charge in [0.05, 0.1) is 18.1 Å². The Labute approximate surface area is 202 Å². The molecule has 188 valence electrons. The highest BCUT2D eigenvalue weighted by molar-refractivity contribution is 5.91. The molecule has 3 fully saturated rings. The van der Waals surface area contributed by atoms with Crippen LogP contribution < -0.4 is 0 Å². The van der Waals surface area contributed by atoms with Gasteiger partial charge in [0.2, 0.25) is 5.89 Å². The Kier molecular flexibility index (Phi) is 8.81. The molecule has 2 saturated heterocycles. The Balaban J connectivity index is 1.27. The van der Waals surface area contributed by atoms with Crippen molar-refractivity contribution in [3.8, 4) is 0 Å². The molecule has 1 aromatic rings. The maximum atomic E-state index is 12.9. The van der Waals surface area contributed by atoms with E-state index in [0.717, 1.165) is 38.1 Å². The zero-order valence-electron chi connectivity index (χ0n) is 20.5. The van der Waals surface area contributed by atoms with E-state index in [4.69, 9.17) is 14.3 Å². The van der Waals surface area contributed by atoms with Crippen molar-refractivity contribution in [1.82, 2.24) is 9.88 Å². The van der Waals surface area contributed by atoms with Gasteiger partial charge in [0.25, 0.3) is 5.91 Å².